The van der Waals surface area contributed by atoms with Crippen molar-refractivity contribution in [1.29, 1.82) is 0 Å². The lowest BCUT2D eigenvalue weighted by molar-refractivity contribution is 0.0589. The van der Waals surface area contributed by atoms with Gasteiger partial charge in [-0.2, -0.15) is 8.78 Å². The van der Waals surface area contributed by atoms with Crippen molar-refractivity contribution in [2.24, 2.45) is 0 Å². The van der Waals surface area contributed by atoms with Gasteiger partial charge in [0.05, 0.1) is 12.7 Å². The SMILES string of the molecule is COc1ccc(C)cc1C(=O)C(F)(F)Br. The van der Waals surface area contributed by atoms with Crippen molar-refractivity contribution < 1.29 is 18.3 Å². The minimum absolute atomic E-state index is 0.126. The standard InChI is InChI=1S/C10H9BrF2O2/c1-6-3-4-8(15-2)7(5-6)9(14)10(11,12)13/h3-5H,1-2H3. The first-order chi connectivity index (χ1) is 6.86. The summed E-state index contributed by atoms with van der Waals surface area (Å²) < 4.78 is 30.4. The molecule has 0 saturated heterocycles. The number of halogens is 3. The molecule has 1 aromatic carbocycles. The molecule has 1 rings (SSSR count). The first kappa shape index (κ1) is 12.1. The Morgan fingerprint density at radius 2 is 2.07 bits per heavy atom. The van der Waals surface area contributed by atoms with Gasteiger partial charge in [-0.15, -0.1) is 0 Å². The summed E-state index contributed by atoms with van der Waals surface area (Å²) >= 11 is 2.03. The van der Waals surface area contributed by atoms with Crippen LogP contribution in [0.15, 0.2) is 18.2 Å². The van der Waals surface area contributed by atoms with Crippen molar-refractivity contribution in [1.82, 2.24) is 0 Å². The van der Waals surface area contributed by atoms with Crippen molar-refractivity contribution in [3.63, 3.8) is 0 Å². The fourth-order valence-corrected chi connectivity index (χ4v) is 1.37. The molecule has 0 atom stereocenters. The van der Waals surface area contributed by atoms with Gasteiger partial charge in [-0.25, -0.2) is 0 Å². The monoisotopic (exact) mass is 278 g/mol. The lowest BCUT2D eigenvalue weighted by Gasteiger charge is -2.11. The van der Waals surface area contributed by atoms with Crippen LogP contribution in [0.4, 0.5) is 8.78 Å². The number of benzene rings is 1. The summed E-state index contributed by atoms with van der Waals surface area (Å²) in [4.78, 5) is 7.76. The molecule has 0 aliphatic carbocycles. The summed E-state index contributed by atoms with van der Waals surface area (Å²) in [6, 6.07) is 4.54. The average molecular weight is 279 g/mol. The molecular formula is C10H9BrF2O2. The molecule has 0 saturated carbocycles. The molecular weight excluding hydrogens is 270 g/mol. The Kier molecular flexibility index (Phi) is 3.44. The van der Waals surface area contributed by atoms with Crippen LogP contribution >= 0.6 is 15.9 Å². The Balaban J connectivity index is 3.23. The Morgan fingerprint density at radius 1 is 1.47 bits per heavy atom. The number of rotatable bonds is 3. The number of hydrogen-bond acceptors (Lipinski definition) is 2. The molecule has 0 aromatic heterocycles. The van der Waals surface area contributed by atoms with E-state index in [1.807, 2.05) is 15.9 Å². The number of carbonyl (C=O) groups is 1. The van der Waals surface area contributed by atoms with Crippen LogP contribution in [0, 0.1) is 6.92 Å². The molecule has 0 heterocycles. The van der Waals surface area contributed by atoms with E-state index in [2.05, 4.69) is 0 Å². The summed E-state index contributed by atoms with van der Waals surface area (Å²) in [6.45, 7) is 1.71. The average Bonchev–Trinajstić information content (AvgIpc) is 2.15. The minimum Gasteiger partial charge on any atom is -0.496 e. The van der Waals surface area contributed by atoms with Gasteiger partial charge < -0.3 is 4.74 Å². The molecule has 0 N–H and O–H groups in total. The third-order valence-corrected chi connectivity index (χ3v) is 2.22. The van der Waals surface area contributed by atoms with E-state index in [4.69, 9.17) is 4.74 Å². The fraction of sp³-hybridized carbons (Fsp3) is 0.300. The van der Waals surface area contributed by atoms with Gasteiger partial charge in [0.2, 0.25) is 5.78 Å². The Bertz CT molecular complexity index is 385. The van der Waals surface area contributed by atoms with Crippen LogP contribution in [0.3, 0.4) is 0 Å². The quantitative estimate of drug-likeness (QED) is 0.627. The highest BCUT2D eigenvalue weighted by Crippen LogP contribution is 2.31. The predicted octanol–water partition coefficient (Wildman–Crippen LogP) is 3.17. The molecule has 0 aliphatic rings. The van der Waals surface area contributed by atoms with Crippen LogP contribution in [0.5, 0.6) is 5.75 Å². The molecule has 0 bridgehead atoms. The summed E-state index contributed by atoms with van der Waals surface area (Å²) in [7, 11) is 1.33. The van der Waals surface area contributed by atoms with Crippen LogP contribution < -0.4 is 4.74 Å². The van der Waals surface area contributed by atoms with Crippen LogP contribution in [0.25, 0.3) is 0 Å². The maximum absolute atomic E-state index is 12.8. The molecule has 82 valence electrons. The summed E-state index contributed by atoms with van der Waals surface area (Å²) in [5.74, 6) is -1.16. The van der Waals surface area contributed by atoms with E-state index >= 15 is 0 Å². The van der Waals surface area contributed by atoms with Gasteiger partial charge in [-0.3, -0.25) is 4.79 Å². The van der Waals surface area contributed by atoms with Crippen molar-refractivity contribution in [2.45, 2.75) is 11.8 Å². The van der Waals surface area contributed by atoms with Gasteiger partial charge in [-0.1, -0.05) is 11.6 Å². The normalized spacial score (nSPS) is 11.3. The summed E-state index contributed by atoms with van der Waals surface area (Å²) in [5, 5.41) is 0. The lowest BCUT2D eigenvalue weighted by Crippen LogP contribution is -2.21. The van der Waals surface area contributed by atoms with E-state index in [9.17, 15) is 13.6 Å². The second-order valence-electron chi connectivity index (χ2n) is 3.03. The fourth-order valence-electron chi connectivity index (χ4n) is 1.15. The number of carbonyl (C=O) groups excluding carboxylic acids is 1. The highest BCUT2D eigenvalue weighted by molar-refractivity contribution is 9.10. The number of methoxy groups -OCH3 is 1. The Labute approximate surface area is 94.4 Å². The third-order valence-electron chi connectivity index (χ3n) is 1.86. The Morgan fingerprint density at radius 3 is 2.53 bits per heavy atom. The molecule has 2 nitrogen and oxygen atoms in total. The zero-order valence-electron chi connectivity index (χ0n) is 8.18. The van der Waals surface area contributed by atoms with Gasteiger partial charge in [0.15, 0.2) is 0 Å². The number of hydrogen-bond donors (Lipinski definition) is 0. The van der Waals surface area contributed by atoms with Crippen LogP contribution in [0.2, 0.25) is 0 Å². The molecule has 0 amide bonds. The van der Waals surface area contributed by atoms with Crippen LogP contribution in [0.1, 0.15) is 15.9 Å². The largest absolute Gasteiger partial charge is 0.496 e. The molecule has 0 radical (unpaired) electrons. The first-order valence-corrected chi connectivity index (χ1v) is 4.91. The zero-order valence-corrected chi connectivity index (χ0v) is 9.77. The number of alkyl halides is 3. The van der Waals surface area contributed by atoms with Gasteiger partial charge in [0, 0.05) is 0 Å². The van der Waals surface area contributed by atoms with E-state index in [0.29, 0.717) is 0 Å². The zero-order chi connectivity index (χ0) is 11.6. The van der Waals surface area contributed by atoms with E-state index in [1.54, 1.807) is 13.0 Å². The Hall–Kier alpha value is -0.970. The third kappa shape index (κ3) is 2.75. The molecule has 1 aromatic rings. The molecule has 0 unspecified atom stereocenters. The van der Waals surface area contributed by atoms with E-state index < -0.39 is 10.6 Å². The van der Waals surface area contributed by atoms with Crippen molar-refractivity contribution in [3.05, 3.63) is 29.3 Å². The van der Waals surface area contributed by atoms with Crippen molar-refractivity contribution in [2.75, 3.05) is 7.11 Å². The predicted molar refractivity (Wildman–Crippen MR) is 55.9 cm³/mol. The number of aryl methyl sites for hydroxylation is 1. The minimum atomic E-state index is -3.56. The van der Waals surface area contributed by atoms with Crippen LogP contribution in [-0.2, 0) is 0 Å². The molecule has 5 heteroatoms. The lowest BCUT2D eigenvalue weighted by atomic mass is 10.1. The number of ether oxygens (including phenoxy) is 1. The van der Waals surface area contributed by atoms with Gasteiger partial charge in [0.25, 0.3) is 0 Å². The highest BCUT2D eigenvalue weighted by Gasteiger charge is 2.37. The molecule has 0 spiro atoms. The molecule has 15 heavy (non-hydrogen) atoms. The number of Topliss-reactive ketones (excluding diaryl/α,β-unsaturated/α-hetero) is 1. The topological polar surface area (TPSA) is 26.3 Å². The molecule has 0 aliphatic heterocycles. The van der Waals surface area contributed by atoms with Crippen LogP contribution in [-0.4, -0.2) is 17.7 Å². The van der Waals surface area contributed by atoms with Gasteiger partial charge in [-0.05, 0) is 35.0 Å². The van der Waals surface area contributed by atoms with Crippen molar-refractivity contribution in [3.8, 4) is 5.75 Å². The maximum atomic E-state index is 12.8. The highest BCUT2D eigenvalue weighted by atomic mass is 79.9. The van der Waals surface area contributed by atoms with E-state index in [1.165, 1.54) is 19.2 Å². The first-order valence-electron chi connectivity index (χ1n) is 4.12. The maximum Gasteiger partial charge on any atom is 0.363 e. The van der Waals surface area contributed by atoms with E-state index in [-0.39, 0.29) is 11.3 Å². The van der Waals surface area contributed by atoms with Gasteiger partial charge in [0.1, 0.15) is 5.75 Å². The van der Waals surface area contributed by atoms with E-state index in [0.717, 1.165) is 5.56 Å². The van der Waals surface area contributed by atoms with Crippen molar-refractivity contribution >= 4 is 21.7 Å². The smallest absolute Gasteiger partial charge is 0.363 e. The van der Waals surface area contributed by atoms with Gasteiger partial charge >= 0.3 is 4.83 Å². The summed E-state index contributed by atoms with van der Waals surface area (Å²) in [5.41, 5.74) is 0.593. The molecule has 0 fully saturated rings. The second kappa shape index (κ2) is 4.26. The second-order valence-corrected chi connectivity index (χ2v) is 4.03. The number of ketones is 1. The summed E-state index contributed by atoms with van der Waals surface area (Å²) in [6.07, 6.45) is 0.